The minimum absolute atomic E-state index is 0.238. The van der Waals surface area contributed by atoms with E-state index in [0.29, 0.717) is 4.99 Å². The SMILES string of the molecule is CCN(CCC(C)(C)O)CC(C)C(N)=S. The van der Waals surface area contributed by atoms with E-state index in [4.69, 9.17) is 18.0 Å². The van der Waals surface area contributed by atoms with Crippen LogP contribution >= 0.6 is 12.2 Å². The lowest BCUT2D eigenvalue weighted by Gasteiger charge is -2.27. The van der Waals surface area contributed by atoms with Crippen LogP contribution in [0.3, 0.4) is 0 Å². The van der Waals surface area contributed by atoms with Gasteiger partial charge in [0.2, 0.25) is 0 Å². The van der Waals surface area contributed by atoms with Crippen LogP contribution in [0, 0.1) is 5.92 Å². The quantitative estimate of drug-likeness (QED) is 0.651. The number of nitrogens with zero attached hydrogens (tertiary/aromatic N) is 1. The van der Waals surface area contributed by atoms with Crippen molar-refractivity contribution in [3.05, 3.63) is 0 Å². The molecule has 1 atom stereocenters. The summed E-state index contributed by atoms with van der Waals surface area (Å²) in [5.41, 5.74) is 4.98. The maximum absolute atomic E-state index is 9.63. The summed E-state index contributed by atoms with van der Waals surface area (Å²) in [6.45, 7) is 10.5. The predicted molar refractivity (Wildman–Crippen MR) is 69.0 cm³/mol. The Labute approximate surface area is 98.6 Å². The summed E-state index contributed by atoms with van der Waals surface area (Å²) in [5.74, 6) is 0.238. The van der Waals surface area contributed by atoms with Gasteiger partial charge in [0, 0.05) is 19.0 Å². The predicted octanol–water partition coefficient (Wildman–Crippen LogP) is 1.39. The van der Waals surface area contributed by atoms with E-state index in [1.165, 1.54) is 0 Å². The van der Waals surface area contributed by atoms with Crippen molar-refractivity contribution in [1.29, 1.82) is 0 Å². The molecule has 90 valence electrons. The first-order chi connectivity index (χ1) is 6.76. The average molecular weight is 232 g/mol. The van der Waals surface area contributed by atoms with Crippen molar-refractivity contribution in [2.45, 2.75) is 39.7 Å². The fraction of sp³-hybridized carbons (Fsp3) is 0.909. The van der Waals surface area contributed by atoms with Gasteiger partial charge in [0.15, 0.2) is 0 Å². The Morgan fingerprint density at radius 1 is 1.53 bits per heavy atom. The van der Waals surface area contributed by atoms with Crippen molar-refractivity contribution < 1.29 is 5.11 Å². The van der Waals surface area contributed by atoms with Gasteiger partial charge in [0.1, 0.15) is 0 Å². The van der Waals surface area contributed by atoms with Crippen LogP contribution in [0.5, 0.6) is 0 Å². The normalized spacial score (nSPS) is 14.3. The highest BCUT2D eigenvalue weighted by atomic mass is 32.1. The molecule has 15 heavy (non-hydrogen) atoms. The molecule has 0 saturated heterocycles. The Bertz CT molecular complexity index is 201. The van der Waals surface area contributed by atoms with Crippen LogP contribution < -0.4 is 5.73 Å². The Hall–Kier alpha value is -0.190. The maximum atomic E-state index is 9.63. The van der Waals surface area contributed by atoms with E-state index in [1.807, 2.05) is 20.8 Å². The molecule has 0 rings (SSSR count). The van der Waals surface area contributed by atoms with Gasteiger partial charge in [-0.05, 0) is 26.8 Å². The molecule has 0 bridgehead atoms. The number of rotatable bonds is 7. The third-order valence-corrected chi connectivity index (χ3v) is 2.91. The van der Waals surface area contributed by atoms with Crippen LogP contribution in [-0.2, 0) is 0 Å². The van der Waals surface area contributed by atoms with Gasteiger partial charge in [-0.25, -0.2) is 0 Å². The molecular weight excluding hydrogens is 208 g/mol. The van der Waals surface area contributed by atoms with E-state index in [2.05, 4.69) is 11.8 Å². The molecule has 3 N–H and O–H groups in total. The first kappa shape index (κ1) is 14.8. The third kappa shape index (κ3) is 7.71. The third-order valence-electron chi connectivity index (χ3n) is 2.50. The van der Waals surface area contributed by atoms with Gasteiger partial charge < -0.3 is 15.7 Å². The summed E-state index contributed by atoms with van der Waals surface area (Å²) in [4.78, 5) is 2.83. The molecule has 0 radical (unpaired) electrons. The monoisotopic (exact) mass is 232 g/mol. The van der Waals surface area contributed by atoms with Gasteiger partial charge in [-0.15, -0.1) is 0 Å². The number of hydrogen-bond acceptors (Lipinski definition) is 3. The molecule has 0 fully saturated rings. The fourth-order valence-electron chi connectivity index (χ4n) is 1.29. The van der Waals surface area contributed by atoms with Crippen molar-refractivity contribution in [3.63, 3.8) is 0 Å². The molecule has 0 spiro atoms. The largest absolute Gasteiger partial charge is 0.393 e. The first-order valence-corrected chi connectivity index (χ1v) is 5.91. The van der Waals surface area contributed by atoms with Gasteiger partial charge in [0.05, 0.1) is 10.6 Å². The van der Waals surface area contributed by atoms with E-state index in [1.54, 1.807) is 0 Å². The van der Waals surface area contributed by atoms with Crippen LogP contribution in [0.4, 0.5) is 0 Å². The molecule has 0 aromatic rings. The lowest BCUT2D eigenvalue weighted by Crippen LogP contribution is -2.37. The zero-order chi connectivity index (χ0) is 12.1. The molecule has 0 aliphatic heterocycles. The van der Waals surface area contributed by atoms with Crippen molar-refractivity contribution in [1.82, 2.24) is 4.90 Å². The molecule has 0 heterocycles. The number of hydrogen-bond donors (Lipinski definition) is 2. The van der Waals surface area contributed by atoms with Crippen molar-refractivity contribution in [2.75, 3.05) is 19.6 Å². The molecule has 0 aromatic heterocycles. The molecule has 0 aliphatic rings. The summed E-state index contributed by atoms with van der Waals surface area (Å²) in [6.07, 6.45) is 0.769. The van der Waals surface area contributed by atoms with E-state index in [0.717, 1.165) is 26.1 Å². The summed E-state index contributed by atoms with van der Waals surface area (Å²) < 4.78 is 0. The van der Waals surface area contributed by atoms with Crippen LogP contribution in [0.25, 0.3) is 0 Å². The molecule has 1 unspecified atom stereocenters. The second kappa shape index (κ2) is 6.40. The highest BCUT2D eigenvalue weighted by molar-refractivity contribution is 7.80. The van der Waals surface area contributed by atoms with E-state index >= 15 is 0 Å². The highest BCUT2D eigenvalue weighted by Gasteiger charge is 2.16. The van der Waals surface area contributed by atoms with Crippen molar-refractivity contribution in [2.24, 2.45) is 11.7 Å². The minimum atomic E-state index is -0.597. The number of thiocarbonyl (C=S) groups is 1. The fourth-order valence-corrected chi connectivity index (χ4v) is 1.36. The molecular formula is C11H24N2OS. The summed E-state index contributed by atoms with van der Waals surface area (Å²) in [7, 11) is 0. The second-order valence-electron chi connectivity index (χ2n) is 4.76. The average Bonchev–Trinajstić information content (AvgIpc) is 2.10. The second-order valence-corrected chi connectivity index (χ2v) is 5.23. The van der Waals surface area contributed by atoms with Crippen LogP contribution in [0.15, 0.2) is 0 Å². The first-order valence-electron chi connectivity index (χ1n) is 5.50. The standard InChI is InChI=1S/C11H24N2OS/c1-5-13(7-6-11(3,4)14)8-9(2)10(12)15/h9,14H,5-8H2,1-4H3,(H2,12,15). The maximum Gasteiger partial charge on any atom is 0.0768 e. The van der Waals surface area contributed by atoms with E-state index in [9.17, 15) is 5.11 Å². The molecule has 0 aliphatic carbocycles. The molecule has 0 aromatic carbocycles. The summed E-state index contributed by atoms with van der Waals surface area (Å²) in [5, 5.41) is 9.63. The lowest BCUT2D eigenvalue weighted by molar-refractivity contribution is 0.0575. The zero-order valence-electron chi connectivity index (χ0n) is 10.3. The topological polar surface area (TPSA) is 49.5 Å². The Morgan fingerprint density at radius 2 is 2.07 bits per heavy atom. The smallest absolute Gasteiger partial charge is 0.0768 e. The minimum Gasteiger partial charge on any atom is -0.393 e. The van der Waals surface area contributed by atoms with Gasteiger partial charge >= 0.3 is 0 Å². The molecule has 3 nitrogen and oxygen atoms in total. The van der Waals surface area contributed by atoms with Crippen LogP contribution in [0.2, 0.25) is 0 Å². The summed E-state index contributed by atoms with van der Waals surface area (Å²) in [6, 6.07) is 0. The van der Waals surface area contributed by atoms with E-state index < -0.39 is 5.60 Å². The Kier molecular flexibility index (Phi) is 6.32. The van der Waals surface area contributed by atoms with Gasteiger partial charge in [0.25, 0.3) is 0 Å². The van der Waals surface area contributed by atoms with Crippen LogP contribution in [-0.4, -0.2) is 40.2 Å². The van der Waals surface area contributed by atoms with E-state index in [-0.39, 0.29) is 5.92 Å². The number of nitrogens with two attached hydrogens (primary N) is 1. The molecule has 0 saturated carbocycles. The zero-order valence-corrected chi connectivity index (χ0v) is 11.1. The number of aliphatic hydroxyl groups is 1. The van der Waals surface area contributed by atoms with Gasteiger partial charge in [-0.3, -0.25) is 0 Å². The van der Waals surface area contributed by atoms with Crippen molar-refractivity contribution >= 4 is 17.2 Å². The Morgan fingerprint density at radius 3 is 2.40 bits per heavy atom. The van der Waals surface area contributed by atoms with Gasteiger partial charge in [-0.1, -0.05) is 26.1 Å². The lowest BCUT2D eigenvalue weighted by atomic mass is 10.0. The van der Waals surface area contributed by atoms with Crippen LogP contribution in [0.1, 0.15) is 34.1 Å². The highest BCUT2D eigenvalue weighted by Crippen LogP contribution is 2.09. The Balaban J connectivity index is 3.98. The molecule has 4 heteroatoms. The van der Waals surface area contributed by atoms with Gasteiger partial charge in [-0.2, -0.15) is 0 Å². The van der Waals surface area contributed by atoms with Crippen molar-refractivity contribution in [3.8, 4) is 0 Å². The molecule has 0 amide bonds. The summed E-state index contributed by atoms with van der Waals surface area (Å²) >= 11 is 4.94.